The van der Waals surface area contributed by atoms with Crippen LogP contribution in [0.3, 0.4) is 0 Å². The summed E-state index contributed by atoms with van der Waals surface area (Å²) in [5.74, 6) is -0.546. The molecule has 1 unspecified atom stereocenters. The number of esters is 1. The van der Waals surface area contributed by atoms with Gasteiger partial charge in [0.15, 0.2) is 0 Å². The number of hydrogen-bond donors (Lipinski definition) is 1. The van der Waals surface area contributed by atoms with E-state index in [4.69, 9.17) is 14.2 Å². The molecule has 0 radical (unpaired) electrons. The highest BCUT2D eigenvalue weighted by Gasteiger charge is 2.48. The highest BCUT2D eigenvalue weighted by Crippen LogP contribution is 2.48. The van der Waals surface area contributed by atoms with Gasteiger partial charge in [-0.05, 0) is 69.9 Å². The lowest BCUT2D eigenvalue weighted by atomic mass is 9.67. The van der Waals surface area contributed by atoms with Crippen LogP contribution in [0.4, 0.5) is 0 Å². The van der Waals surface area contributed by atoms with E-state index in [1.54, 1.807) is 6.07 Å². The molecule has 4 aliphatic rings. The van der Waals surface area contributed by atoms with Crippen LogP contribution in [-0.4, -0.2) is 73.8 Å². The summed E-state index contributed by atoms with van der Waals surface area (Å²) in [6, 6.07) is 6.77. The van der Waals surface area contributed by atoms with E-state index in [0.29, 0.717) is 31.9 Å². The maximum Gasteiger partial charge on any atom is 0.338 e. The molecule has 2 bridgehead atoms. The number of methoxy groups -OCH3 is 1. The lowest BCUT2D eigenvalue weighted by Gasteiger charge is -2.52. The van der Waals surface area contributed by atoms with Crippen LogP contribution in [-0.2, 0) is 23.8 Å². The minimum absolute atomic E-state index is 0.00121. The lowest BCUT2D eigenvalue weighted by molar-refractivity contribution is -0.196. The molecular weight excluding hydrogens is 460 g/mol. The summed E-state index contributed by atoms with van der Waals surface area (Å²) in [4.78, 5) is 39.5. The SMILES string of the molecule is COC(=O)c1ccccc1C1CCN(C(=O)C(NC(C)=O)[C@@H](C)OCC23CCC(C)(CC2)OC3)CC1. The summed E-state index contributed by atoms with van der Waals surface area (Å²) < 4.78 is 17.3. The van der Waals surface area contributed by atoms with Gasteiger partial charge in [0, 0.05) is 25.4 Å². The van der Waals surface area contributed by atoms with Crippen LogP contribution >= 0.6 is 0 Å². The van der Waals surface area contributed by atoms with Gasteiger partial charge >= 0.3 is 5.97 Å². The molecule has 2 atom stereocenters. The van der Waals surface area contributed by atoms with Crippen LogP contribution in [0.2, 0.25) is 0 Å². The van der Waals surface area contributed by atoms with Gasteiger partial charge in [0.25, 0.3) is 0 Å². The monoisotopic (exact) mass is 500 g/mol. The van der Waals surface area contributed by atoms with Gasteiger partial charge in [-0.25, -0.2) is 4.79 Å². The second-order valence-corrected chi connectivity index (χ2v) is 11.1. The van der Waals surface area contributed by atoms with Crippen LogP contribution in [0, 0.1) is 5.41 Å². The van der Waals surface area contributed by atoms with Gasteiger partial charge in [-0.2, -0.15) is 0 Å². The third-order valence-electron chi connectivity index (χ3n) is 8.45. The first-order valence-corrected chi connectivity index (χ1v) is 13.1. The summed E-state index contributed by atoms with van der Waals surface area (Å²) in [5.41, 5.74) is 1.55. The summed E-state index contributed by atoms with van der Waals surface area (Å²) >= 11 is 0. The number of nitrogens with zero attached hydrogens (tertiary/aromatic N) is 1. The first-order valence-electron chi connectivity index (χ1n) is 13.1. The molecule has 8 heteroatoms. The summed E-state index contributed by atoms with van der Waals surface area (Å²) in [6.45, 7) is 7.80. The molecule has 8 nitrogen and oxygen atoms in total. The molecule has 2 amide bonds. The number of likely N-dealkylation sites (tertiary alicyclic amines) is 1. The molecule has 1 aromatic rings. The summed E-state index contributed by atoms with van der Waals surface area (Å²) in [5, 5.41) is 2.84. The van der Waals surface area contributed by atoms with Crippen LogP contribution in [0.25, 0.3) is 0 Å². The van der Waals surface area contributed by atoms with Crippen molar-refractivity contribution in [2.24, 2.45) is 5.41 Å². The maximum atomic E-state index is 13.5. The predicted molar refractivity (Wildman–Crippen MR) is 135 cm³/mol. The van der Waals surface area contributed by atoms with Crippen LogP contribution in [0.5, 0.6) is 0 Å². The van der Waals surface area contributed by atoms with Gasteiger partial charge in [-0.1, -0.05) is 18.2 Å². The fraction of sp³-hybridized carbons (Fsp3) is 0.679. The van der Waals surface area contributed by atoms with E-state index in [1.165, 1.54) is 14.0 Å². The maximum absolute atomic E-state index is 13.5. The van der Waals surface area contributed by atoms with E-state index in [1.807, 2.05) is 30.0 Å². The number of fused-ring (bicyclic) bond motifs is 3. The van der Waals surface area contributed by atoms with E-state index in [0.717, 1.165) is 44.1 Å². The van der Waals surface area contributed by atoms with Gasteiger partial charge in [0.05, 0.1) is 37.6 Å². The molecule has 1 aromatic carbocycles. The minimum atomic E-state index is -0.740. The Hall–Kier alpha value is -2.45. The van der Waals surface area contributed by atoms with E-state index in [2.05, 4.69) is 12.2 Å². The zero-order valence-electron chi connectivity index (χ0n) is 22.0. The molecule has 3 saturated heterocycles. The zero-order chi connectivity index (χ0) is 25.9. The predicted octanol–water partition coefficient (Wildman–Crippen LogP) is 3.44. The van der Waals surface area contributed by atoms with Crippen LogP contribution < -0.4 is 5.32 Å². The van der Waals surface area contributed by atoms with Crippen LogP contribution in [0.1, 0.15) is 81.1 Å². The van der Waals surface area contributed by atoms with Crippen molar-refractivity contribution in [2.75, 3.05) is 33.4 Å². The second-order valence-electron chi connectivity index (χ2n) is 11.1. The van der Waals surface area contributed by atoms with Crippen molar-refractivity contribution < 1.29 is 28.6 Å². The number of amides is 2. The molecule has 1 aliphatic carbocycles. The number of hydrogen-bond acceptors (Lipinski definition) is 6. The Morgan fingerprint density at radius 3 is 2.39 bits per heavy atom. The van der Waals surface area contributed by atoms with E-state index >= 15 is 0 Å². The number of piperidine rings is 1. The Morgan fingerprint density at radius 2 is 1.81 bits per heavy atom. The highest BCUT2D eigenvalue weighted by molar-refractivity contribution is 5.91. The smallest absolute Gasteiger partial charge is 0.338 e. The van der Waals surface area contributed by atoms with Crippen molar-refractivity contribution in [3.63, 3.8) is 0 Å². The third kappa shape index (κ3) is 5.75. The number of rotatable bonds is 8. The largest absolute Gasteiger partial charge is 0.465 e. The molecule has 1 N–H and O–H groups in total. The Labute approximate surface area is 214 Å². The molecule has 4 fully saturated rings. The van der Waals surface area contributed by atoms with Crippen molar-refractivity contribution in [3.05, 3.63) is 35.4 Å². The Morgan fingerprint density at radius 1 is 1.14 bits per heavy atom. The number of nitrogens with one attached hydrogen (secondary N) is 1. The molecule has 0 aromatic heterocycles. The Bertz CT molecular complexity index is 946. The number of carbonyl (C=O) groups excluding carboxylic acids is 3. The first kappa shape index (κ1) is 26.6. The average molecular weight is 501 g/mol. The van der Waals surface area contributed by atoms with Crippen molar-refractivity contribution in [1.29, 1.82) is 0 Å². The van der Waals surface area contributed by atoms with E-state index in [-0.39, 0.29) is 34.7 Å². The lowest BCUT2D eigenvalue weighted by Crippen LogP contribution is -2.56. The molecule has 198 valence electrons. The zero-order valence-corrected chi connectivity index (χ0v) is 22.0. The fourth-order valence-corrected chi connectivity index (χ4v) is 5.87. The molecule has 3 heterocycles. The fourth-order valence-electron chi connectivity index (χ4n) is 5.87. The highest BCUT2D eigenvalue weighted by atomic mass is 16.5. The van der Waals surface area contributed by atoms with Crippen molar-refractivity contribution in [2.45, 2.75) is 83.0 Å². The number of benzene rings is 1. The van der Waals surface area contributed by atoms with Gasteiger partial charge in [0.2, 0.25) is 11.8 Å². The standard InChI is InChI=1S/C28H40N2O6/c1-19(35-17-28-13-11-27(3,12-14-28)36-18-28)24(29-20(2)31)25(32)30-15-9-21(10-16-30)22-7-5-6-8-23(22)26(33)34-4/h5-8,19,21,24H,9-18H2,1-4H3,(H,29,31)/t19-,24?,27?,28?/m1/s1. The summed E-state index contributed by atoms with van der Waals surface area (Å²) in [7, 11) is 1.39. The van der Waals surface area contributed by atoms with Crippen molar-refractivity contribution >= 4 is 17.8 Å². The Balaban J connectivity index is 1.37. The van der Waals surface area contributed by atoms with E-state index < -0.39 is 12.1 Å². The molecular formula is C28H40N2O6. The Kier molecular flexibility index (Phi) is 8.05. The third-order valence-corrected chi connectivity index (χ3v) is 8.45. The van der Waals surface area contributed by atoms with Crippen molar-refractivity contribution in [1.82, 2.24) is 10.2 Å². The topological polar surface area (TPSA) is 94.2 Å². The van der Waals surface area contributed by atoms with Crippen molar-refractivity contribution in [3.8, 4) is 0 Å². The van der Waals surface area contributed by atoms with Gasteiger partial charge < -0.3 is 24.4 Å². The normalized spacial score (nSPS) is 27.8. The first-order chi connectivity index (χ1) is 17.2. The molecule has 3 aliphatic heterocycles. The molecule has 5 rings (SSSR count). The van der Waals surface area contributed by atoms with Gasteiger partial charge in [-0.15, -0.1) is 0 Å². The summed E-state index contributed by atoms with van der Waals surface area (Å²) in [6.07, 6.45) is 5.22. The van der Waals surface area contributed by atoms with Gasteiger partial charge in [0.1, 0.15) is 6.04 Å². The molecule has 36 heavy (non-hydrogen) atoms. The quantitative estimate of drug-likeness (QED) is 0.550. The number of ether oxygens (including phenoxy) is 3. The second kappa shape index (κ2) is 10.9. The molecule has 0 spiro atoms. The number of carbonyl (C=O) groups is 3. The minimum Gasteiger partial charge on any atom is -0.465 e. The van der Waals surface area contributed by atoms with E-state index in [9.17, 15) is 14.4 Å². The molecule has 1 saturated carbocycles. The van der Waals surface area contributed by atoms with Gasteiger partial charge in [-0.3, -0.25) is 9.59 Å². The average Bonchev–Trinajstić information content (AvgIpc) is 2.90. The van der Waals surface area contributed by atoms with Crippen LogP contribution in [0.15, 0.2) is 24.3 Å².